The highest BCUT2D eigenvalue weighted by Gasteiger charge is 2.34. The fourth-order valence-electron chi connectivity index (χ4n) is 2.99. The molecule has 0 atom stereocenters. The van der Waals surface area contributed by atoms with Crippen molar-refractivity contribution in [2.45, 2.75) is 18.0 Å². The van der Waals surface area contributed by atoms with E-state index in [4.69, 9.17) is 10.8 Å². The molecule has 0 bridgehead atoms. The lowest BCUT2D eigenvalue weighted by Crippen LogP contribution is -2.08. The quantitative estimate of drug-likeness (QED) is 0.567. The summed E-state index contributed by atoms with van der Waals surface area (Å²) < 4.78 is 62.3. The van der Waals surface area contributed by atoms with E-state index >= 15 is 0 Å². The normalized spacial score (nSPS) is 11.5. The first-order chi connectivity index (χ1) is 14.2. The second kappa shape index (κ2) is 8.84. The Labute approximate surface area is 177 Å². The lowest BCUT2D eigenvalue weighted by atomic mass is 10.0. The average Bonchev–Trinajstić information content (AvgIpc) is 2.95. The third-order valence-electron chi connectivity index (χ3n) is 4.44. The molecule has 2 N–H and O–H groups in total. The molecule has 10 heteroatoms. The van der Waals surface area contributed by atoms with E-state index in [0.29, 0.717) is 11.3 Å². The predicted octanol–water partition coefficient (Wildman–Crippen LogP) is 5.49. The molecule has 0 unspecified atom stereocenters. The van der Waals surface area contributed by atoms with Crippen molar-refractivity contribution >= 4 is 21.5 Å². The molecule has 2 aromatic carbocycles. The first-order valence-electron chi connectivity index (χ1n) is 8.81. The molecule has 0 aliphatic heterocycles. The first-order valence-corrected chi connectivity index (χ1v) is 10.7. The van der Waals surface area contributed by atoms with Gasteiger partial charge in [0, 0.05) is 25.1 Å². The van der Waals surface area contributed by atoms with Crippen molar-refractivity contribution in [2.24, 2.45) is 7.05 Å². The number of alkyl halides is 3. The van der Waals surface area contributed by atoms with Crippen LogP contribution in [0.2, 0.25) is 0 Å². The maximum absolute atomic E-state index is 13.0. The molecule has 0 fully saturated rings. The van der Waals surface area contributed by atoms with E-state index in [1.807, 2.05) is 0 Å². The van der Waals surface area contributed by atoms with E-state index in [1.54, 1.807) is 0 Å². The van der Waals surface area contributed by atoms with E-state index in [1.165, 1.54) is 67.2 Å². The minimum Gasteiger partial charge on any atom is -0.699 e. The molecule has 3 aromatic rings. The number of benzene rings is 2. The number of hydrogen-bond donors (Lipinski definition) is 1. The first kappa shape index (κ1) is 24.0. The van der Waals surface area contributed by atoms with Gasteiger partial charge in [-0.25, -0.2) is 13.2 Å². The summed E-state index contributed by atoms with van der Waals surface area (Å²) in [6, 6.07) is 10.9. The van der Waals surface area contributed by atoms with E-state index in [-0.39, 0.29) is 21.7 Å². The van der Waals surface area contributed by atoms with Gasteiger partial charge in [-0.3, -0.25) is 0 Å². The molecule has 1 heterocycles. The van der Waals surface area contributed by atoms with Crippen molar-refractivity contribution < 1.29 is 31.5 Å². The van der Waals surface area contributed by atoms with Crippen LogP contribution in [0.5, 0.6) is 0 Å². The van der Waals surface area contributed by atoms with Crippen LogP contribution < -0.4 is 0 Å². The second-order valence-electron chi connectivity index (χ2n) is 6.77. The van der Waals surface area contributed by atoms with Gasteiger partial charge >= 0.3 is 12.1 Å². The van der Waals surface area contributed by atoms with Crippen LogP contribution in [0.4, 0.5) is 18.9 Å². The van der Waals surface area contributed by atoms with Gasteiger partial charge in [-0.1, -0.05) is 30.3 Å². The van der Waals surface area contributed by atoms with Crippen LogP contribution >= 0.6 is 0 Å². The zero-order chi connectivity index (χ0) is 23.6. The molecule has 1 aromatic heterocycles. The Hall–Kier alpha value is -3.27. The summed E-state index contributed by atoms with van der Waals surface area (Å²) >= 11 is 0. The van der Waals surface area contributed by atoms with Gasteiger partial charge in [0.15, 0.2) is 9.84 Å². The summed E-state index contributed by atoms with van der Waals surface area (Å²) in [5.74, 6) is -1.16. The maximum Gasteiger partial charge on any atom is 0.417 e. The summed E-state index contributed by atoms with van der Waals surface area (Å²) in [5, 5.41) is 9.04. The van der Waals surface area contributed by atoms with E-state index in [2.05, 4.69) is 0 Å². The number of carbonyl (C=O) groups is 1. The molecule has 0 aliphatic carbocycles. The van der Waals surface area contributed by atoms with Crippen molar-refractivity contribution in [1.82, 2.24) is 4.57 Å². The molecule has 0 radical (unpaired) electrons. The zero-order valence-corrected chi connectivity index (χ0v) is 17.7. The van der Waals surface area contributed by atoms with E-state index in [0.717, 1.165) is 12.3 Å². The molecule has 0 amide bonds. The minimum atomic E-state index is -4.49. The molecule has 6 nitrogen and oxygen atoms in total. The highest BCUT2D eigenvalue weighted by atomic mass is 32.2. The Bertz CT molecular complexity index is 1200. The average molecular weight is 453 g/mol. The van der Waals surface area contributed by atoms with Gasteiger partial charge in [0.2, 0.25) is 0 Å². The van der Waals surface area contributed by atoms with Crippen LogP contribution in [-0.2, 0) is 23.1 Å². The van der Waals surface area contributed by atoms with Crippen molar-refractivity contribution in [3.05, 3.63) is 77.2 Å². The van der Waals surface area contributed by atoms with Gasteiger partial charge in [-0.15, -0.1) is 5.69 Å². The van der Waals surface area contributed by atoms with Gasteiger partial charge in [-0.05, 0) is 30.7 Å². The standard InChI is InChI=1S/C14H12F3NO2.C7H8NO2S/c1-8-10(13(19)20)7-18(2)12(8)9-5-3-4-6-11(9)14(15,16)17;1-11(9,10)7-4-2-6(8)3-5-7/h3-7H,1-2H3,(H,19,20);2-5,8H,1H3/q;-1. The van der Waals surface area contributed by atoms with Crippen molar-refractivity contribution in [3.8, 4) is 11.3 Å². The zero-order valence-electron chi connectivity index (χ0n) is 16.9. The number of aromatic nitrogens is 1. The third kappa shape index (κ3) is 5.66. The number of carboxylic acid groups (broad SMARTS) is 1. The summed E-state index contributed by atoms with van der Waals surface area (Å²) in [7, 11) is -1.57. The fourth-order valence-corrected chi connectivity index (χ4v) is 3.62. The van der Waals surface area contributed by atoms with E-state index < -0.39 is 27.5 Å². The number of sulfone groups is 1. The number of aromatic carboxylic acids is 1. The highest BCUT2D eigenvalue weighted by molar-refractivity contribution is 7.90. The van der Waals surface area contributed by atoms with Crippen molar-refractivity contribution in [2.75, 3.05) is 6.26 Å². The van der Waals surface area contributed by atoms with Gasteiger partial charge in [-0.2, -0.15) is 13.2 Å². The molecule has 166 valence electrons. The van der Waals surface area contributed by atoms with Crippen LogP contribution in [0.25, 0.3) is 17.0 Å². The van der Waals surface area contributed by atoms with E-state index in [9.17, 15) is 26.4 Å². The summed E-state index contributed by atoms with van der Waals surface area (Å²) in [6.07, 6.45) is -2.03. The number of aryl methyl sites for hydroxylation is 1. The highest BCUT2D eigenvalue weighted by Crippen LogP contribution is 2.38. The molecular formula is C21H20F3N2O4S-. The Morgan fingerprint density at radius 3 is 2.06 bits per heavy atom. The van der Waals surface area contributed by atoms with Gasteiger partial charge in [0.05, 0.1) is 21.7 Å². The molecule has 0 saturated carbocycles. The molecule has 31 heavy (non-hydrogen) atoms. The predicted molar refractivity (Wildman–Crippen MR) is 111 cm³/mol. The number of hydrogen-bond acceptors (Lipinski definition) is 3. The number of halogens is 3. The Balaban J connectivity index is 0.000000262. The third-order valence-corrected chi connectivity index (χ3v) is 5.56. The van der Waals surface area contributed by atoms with Crippen molar-refractivity contribution in [3.63, 3.8) is 0 Å². The van der Waals surface area contributed by atoms with Crippen LogP contribution in [0.3, 0.4) is 0 Å². The van der Waals surface area contributed by atoms with Crippen molar-refractivity contribution in [1.29, 1.82) is 0 Å². The topological polar surface area (TPSA) is 100 Å². The molecule has 0 aliphatic rings. The second-order valence-corrected chi connectivity index (χ2v) is 8.79. The van der Waals surface area contributed by atoms with Crippen LogP contribution in [0.15, 0.2) is 59.6 Å². The molecule has 3 rings (SSSR count). The summed E-state index contributed by atoms with van der Waals surface area (Å²) in [5.41, 5.74) is 7.20. The summed E-state index contributed by atoms with van der Waals surface area (Å²) in [4.78, 5) is 11.3. The molecule has 0 spiro atoms. The van der Waals surface area contributed by atoms with Gasteiger partial charge < -0.3 is 15.4 Å². The lowest BCUT2D eigenvalue weighted by Gasteiger charge is -2.14. The van der Waals surface area contributed by atoms with Crippen LogP contribution in [0.1, 0.15) is 21.5 Å². The number of nitrogens with one attached hydrogen (secondary N) is 1. The largest absolute Gasteiger partial charge is 0.699 e. The Morgan fingerprint density at radius 1 is 1.06 bits per heavy atom. The maximum atomic E-state index is 13.0. The monoisotopic (exact) mass is 453 g/mol. The summed E-state index contributed by atoms with van der Waals surface area (Å²) in [6.45, 7) is 1.51. The fraction of sp³-hybridized carbons (Fsp3) is 0.190. The number of rotatable bonds is 3. The number of nitrogens with zero attached hydrogens (tertiary/aromatic N) is 1. The van der Waals surface area contributed by atoms with Gasteiger partial charge in [0.1, 0.15) is 0 Å². The smallest absolute Gasteiger partial charge is 0.417 e. The van der Waals surface area contributed by atoms with Crippen LogP contribution in [-0.4, -0.2) is 30.3 Å². The molecular weight excluding hydrogens is 433 g/mol. The van der Waals surface area contributed by atoms with Crippen LogP contribution in [0, 0.1) is 6.92 Å². The number of carboxylic acids is 1. The minimum absolute atomic E-state index is 0.000484. The Morgan fingerprint density at radius 2 is 1.61 bits per heavy atom. The molecule has 0 saturated heterocycles. The Kier molecular flexibility index (Phi) is 6.85. The lowest BCUT2D eigenvalue weighted by molar-refractivity contribution is -0.137. The van der Waals surface area contributed by atoms with Gasteiger partial charge in [0.25, 0.3) is 0 Å². The SMILES string of the molecule is CS(=O)(=O)c1ccc([NH-])cc1.Cc1c(C(=O)O)cn(C)c1-c1ccccc1C(F)(F)F.